The summed E-state index contributed by atoms with van der Waals surface area (Å²) in [6.07, 6.45) is 0. The quantitative estimate of drug-likeness (QED) is 0.862. The number of benzene rings is 1. The second-order valence-corrected chi connectivity index (χ2v) is 5.07. The number of methoxy groups -OCH3 is 1. The number of carbonyl (C=O) groups is 1. The fraction of sp³-hybridized carbons (Fsp3) is 0.417. The van der Waals surface area contributed by atoms with Crippen molar-refractivity contribution in [3.05, 3.63) is 18.2 Å². The lowest BCUT2D eigenvalue weighted by Crippen LogP contribution is -2.22. The normalized spacial score (nSPS) is 16.0. The minimum Gasteiger partial charge on any atom is -0.383 e. The molecular weight excluding hydrogens is 236 g/mol. The molecule has 0 aromatic heterocycles. The molecule has 1 aromatic rings. The number of carbonyl (C=O) groups excluding carboxylic acids is 1. The molecule has 0 saturated carbocycles. The Bertz CT molecular complexity index is 423. The average molecular weight is 252 g/mol. The summed E-state index contributed by atoms with van der Waals surface area (Å²) in [7, 11) is 1.68. The molecule has 5 heteroatoms. The van der Waals surface area contributed by atoms with Crippen LogP contribution in [0.15, 0.2) is 23.1 Å². The van der Waals surface area contributed by atoms with Crippen LogP contribution in [-0.4, -0.2) is 31.4 Å². The number of rotatable bonds is 4. The highest BCUT2D eigenvalue weighted by molar-refractivity contribution is 8.00. The Hall–Kier alpha value is -1.20. The summed E-state index contributed by atoms with van der Waals surface area (Å²) in [5.74, 6) is 0.560. The van der Waals surface area contributed by atoms with Gasteiger partial charge in [-0.3, -0.25) is 4.79 Å². The lowest BCUT2D eigenvalue weighted by Gasteiger charge is -2.19. The molecule has 1 amide bonds. The van der Waals surface area contributed by atoms with Crippen LogP contribution >= 0.6 is 11.8 Å². The third-order valence-electron chi connectivity index (χ3n) is 2.44. The maximum atomic E-state index is 11.3. The van der Waals surface area contributed by atoms with E-state index in [1.54, 1.807) is 18.9 Å². The Balaban J connectivity index is 2.10. The predicted molar refractivity (Wildman–Crippen MR) is 70.8 cm³/mol. The van der Waals surface area contributed by atoms with E-state index in [-0.39, 0.29) is 11.9 Å². The second-order valence-electron chi connectivity index (χ2n) is 4.05. The molecule has 0 aliphatic carbocycles. The first-order valence-corrected chi connectivity index (χ1v) is 6.50. The van der Waals surface area contributed by atoms with E-state index in [2.05, 4.69) is 17.6 Å². The molecule has 2 rings (SSSR count). The van der Waals surface area contributed by atoms with E-state index in [1.807, 2.05) is 18.2 Å². The molecule has 0 spiro atoms. The molecule has 1 heterocycles. The summed E-state index contributed by atoms with van der Waals surface area (Å²) in [5, 5.41) is 6.20. The van der Waals surface area contributed by atoms with Gasteiger partial charge < -0.3 is 15.4 Å². The Kier molecular flexibility index (Phi) is 3.91. The number of anilines is 2. The van der Waals surface area contributed by atoms with Crippen molar-refractivity contribution in [1.29, 1.82) is 0 Å². The summed E-state index contributed by atoms with van der Waals surface area (Å²) in [4.78, 5) is 12.4. The fourth-order valence-electron chi connectivity index (χ4n) is 1.75. The summed E-state index contributed by atoms with van der Waals surface area (Å²) in [6, 6.07) is 6.26. The maximum Gasteiger partial charge on any atom is 0.234 e. The van der Waals surface area contributed by atoms with Crippen molar-refractivity contribution in [1.82, 2.24) is 0 Å². The summed E-state index contributed by atoms with van der Waals surface area (Å²) < 4.78 is 5.07. The third kappa shape index (κ3) is 3.14. The molecule has 1 aromatic carbocycles. The zero-order chi connectivity index (χ0) is 12.3. The van der Waals surface area contributed by atoms with Crippen molar-refractivity contribution in [2.24, 2.45) is 0 Å². The van der Waals surface area contributed by atoms with Gasteiger partial charge in [0, 0.05) is 23.7 Å². The number of ether oxygens (including phenoxy) is 1. The van der Waals surface area contributed by atoms with Crippen LogP contribution in [0.25, 0.3) is 0 Å². The SMILES string of the molecule is COCC(C)Nc1ccc2c(c1)NC(=O)CS2. The van der Waals surface area contributed by atoms with Gasteiger partial charge in [0.1, 0.15) is 0 Å². The molecule has 0 radical (unpaired) electrons. The zero-order valence-corrected chi connectivity index (χ0v) is 10.8. The van der Waals surface area contributed by atoms with Gasteiger partial charge in [-0.15, -0.1) is 11.8 Å². The van der Waals surface area contributed by atoms with Crippen LogP contribution in [0.4, 0.5) is 11.4 Å². The number of nitrogens with one attached hydrogen (secondary N) is 2. The number of thioether (sulfide) groups is 1. The van der Waals surface area contributed by atoms with Crippen molar-refractivity contribution in [3.8, 4) is 0 Å². The van der Waals surface area contributed by atoms with Gasteiger partial charge in [-0.05, 0) is 25.1 Å². The van der Waals surface area contributed by atoms with Gasteiger partial charge in [0.2, 0.25) is 5.91 Å². The smallest absolute Gasteiger partial charge is 0.234 e. The molecule has 0 fully saturated rings. The largest absolute Gasteiger partial charge is 0.383 e. The monoisotopic (exact) mass is 252 g/mol. The van der Waals surface area contributed by atoms with Crippen LogP contribution in [0.2, 0.25) is 0 Å². The molecule has 1 aliphatic rings. The first-order valence-electron chi connectivity index (χ1n) is 5.51. The molecule has 0 saturated heterocycles. The van der Waals surface area contributed by atoms with E-state index >= 15 is 0 Å². The molecule has 1 aliphatic heterocycles. The first-order chi connectivity index (χ1) is 8.19. The topological polar surface area (TPSA) is 50.4 Å². The van der Waals surface area contributed by atoms with Crippen molar-refractivity contribution in [2.75, 3.05) is 30.1 Å². The van der Waals surface area contributed by atoms with Gasteiger partial charge >= 0.3 is 0 Å². The minimum absolute atomic E-state index is 0.0598. The second kappa shape index (κ2) is 5.42. The Morgan fingerprint density at radius 2 is 2.41 bits per heavy atom. The molecule has 1 atom stereocenters. The zero-order valence-electron chi connectivity index (χ0n) is 9.95. The summed E-state index contributed by atoms with van der Waals surface area (Å²) in [5.41, 5.74) is 1.89. The first kappa shape index (κ1) is 12.3. The highest BCUT2D eigenvalue weighted by Crippen LogP contribution is 2.33. The van der Waals surface area contributed by atoms with E-state index < -0.39 is 0 Å². The number of amides is 1. The van der Waals surface area contributed by atoms with E-state index in [9.17, 15) is 4.79 Å². The number of hydrogen-bond acceptors (Lipinski definition) is 4. The van der Waals surface area contributed by atoms with Crippen LogP contribution in [-0.2, 0) is 9.53 Å². The van der Waals surface area contributed by atoms with Gasteiger partial charge in [0.15, 0.2) is 0 Å². The van der Waals surface area contributed by atoms with Gasteiger partial charge in [0.05, 0.1) is 18.0 Å². The fourth-order valence-corrected chi connectivity index (χ4v) is 2.54. The predicted octanol–water partition coefficient (Wildman–Crippen LogP) is 2.18. The van der Waals surface area contributed by atoms with Crippen molar-refractivity contribution in [3.63, 3.8) is 0 Å². The molecule has 0 bridgehead atoms. The van der Waals surface area contributed by atoms with Crippen molar-refractivity contribution in [2.45, 2.75) is 17.9 Å². The van der Waals surface area contributed by atoms with E-state index in [0.717, 1.165) is 16.3 Å². The Morgan fingerprint density at radius 3 is 3.18 bits per heavy atom. The van der Waals surface area contributed by atoms with Crippen LogP contribution in [0.3, 0.4) is 0 Å². The van der Waals surface area contributed by atoms with Crippen LogP contribution in [0.1, 0.15) is 6.92 Å². The van der Waals surface area contributed by atoms with Gasteiger partial charge in [-0.25, -0.2) is 0 Å². The van der Waals surface area contributed by atoms with Gasteiger partial charge in [0.25, 0.3) is 0 Å². The lowest BCUT2D eigenvalue weighted by atomic mass is 10.2. The highest BCUT2D eigenvalue weighted by Gasteiger charge is 2.15. The highest BCUT2D eigenvalue weighted by atomic mass is 32.2. The van der Waals surface area contributed by atoms with Gasteiger partial charge in [-0.1, -0.05) is 0 Å². The van der Waals surface area contributed by atoms with E-state index in [1.165, 1.54) is 0 Å². The molecular formula is C12H16N2O2S. The minimum atomic E-state index is 0.0598. The van der Waals surface area contributed by atoms with Crippen molar-refractivity contribution >= 4 is 29.0 Å². The average Bonchev–Trinajstić information content (AvgIpc) is 2.28. The molecule has 92 valence electrons. The third-order valence-corrected chi connectivity index (χ3v) is 3.52. The van der Waals surface area contributed by atoms with Crippen molar-refractivity contribution < 1.29 is 9.53 Å². The summed E-state index contributed by atoms with van der Waals surface area (Å²) in [6.45, 7) is 2.70. The van der Waals surface area contributed by atoms with Crippen LogP contribution in [0.5, 0.6) is 0 Å². The van der Waals surface area contributed by atoms with Crippen LogP contribution < -0.4 is 10.6 Å². The van der Waals surface area contributed by atoms with E-state index in [0.29, 0.717) is 12.4 Å². The molecule has 2 N–H and O–H groups in total. The van der Waals surface area contributed by atoms with Gasteiger partial charge in [-0.2, -0.15) is 0 Å². The molecule has 1 unspecified atom stereocenters. The Labute approximate surface area is 105 Å². The van der Waals surface area contributed by atoms with E-state index in [4.69, 9.17) is 4.74 Å². The van der Waals surface area contributed by atoms with Crippen LogP contribution in [0, 0.1) is 0 Å². The summed E-state index contributed by atoms with van der Waals surface area (Å²) >= 11 is 1.57. The Morgan fingerprint density at radius 1 is 1.59 bits per heavy atom. The lowest BCUT2D eigenvalue weighted by molar-refractivity contribution is -0.113. The molecule has 4 nitrogen and oxygen atoms in total. The number of hydrogen-bond donors (Lipinski definition) is 2. The molecule has 17 heavy (non-hydrogen) atoms. The number of fused-ring (bicyclic) bond motifs is 1. The standard InChI is InChI=1S/C12H16N2O2S/c1-8(6-16-2)13-9-3-4-11-10(5-9)14-12(15)7-17-11/h3-5,8,13H,6-7H2,1-2H3,(H,14,15). The maximum absolute atomic E-state index is 11.3.